The third kappa shape index (κ3) is 5.93. The van der Waals surface area contributed by atoms with E-state index in [9.17, 15) is 23.3 Å². The number of aryl methyl sites for hydroxylation is 2. The van der Waals surface area contributed by atoms with Crippen LogP contribution in [0.2, 0.25) is 0 Å². The molecule has 2 aromatic rings. The van der Waals surface area contributed by atoms with Crippen LogP contribution < -0.4 is 0 Å². The largest absolute Gasteiger partial charge is 0.340 e. The van der Waals surface area contributed by atoms with Crippen molar-refractivity contribution in [1.82, 2.24) is 9.21 Å². The molecule has 0 aliphatic carbocycles. The summed E-state index contributed by atoms with van der Waals surface area (Å²) in [5.41, 5.74) is 1.76. The lowest BCUT2D eigenvalue weighted by Crippen LogP contribution is -2.50. The van der Waals surface area contributed by atoms with Crippen LogP contribution in [0.4, 0.5) is 5.69 Å². The number of carbonyl (C=O) groups is 1. The smallest absolute Gasteiger partial charge is 0.270 e. The van der Waals surface area contributed by atoms with Crippen LogP contribution in [0.3, 0.4) is 0 Å². The summed E-state index contributed by atoms with van der Waals surface area (Å²) in [6.07, 6.45) is 2.20. The highest BCUT2D eigenvalue weighted by Crippen LogP contribution is 2.38. The minimum absolute atomic E-state index is 0.0374. The van der Waals surface area contributed by atoms with Crippen molar-refractivity contribution in [3.05, 3.63) is 57.6 Å². The number of nitrogens with zero attached hydrogens (tertiary/aromatic N) is 3. The standard InChI is InChI=1S/C23H29N3O5S2/c1-4-5-6-23(27)24-11-13-25(14-12-24)33(30,31)22-16-19(26(28)29)9-10-20(22)32-21-15-17(2)7-8-18(21)3/h7-10,15-16H,4-6,11-14H2,1-3H3. The third-order valence-corrected chi connectivity index (χ3v) is 8.96. The Morgan fingerprint density at radius 2 is 1.76 bits per heavy atom. The molecule has 0 bridgehead atoms. The quantitative estimate of drug-likeness (QED) is 0.401. The molecule has 0 N–H and O–H groups in total. The van der Waals surface area contributed by atoms with Crippen LogP contribution in [0, 0.1) is 24.0 Å². The van der Waals surface area contributed by atoms with E-state index in [0.717, 1.165) is 34.9 Å². The number of hydrogen-bond acceptors (Lipinski definition) is 6. The molecule has 8 nitrogen and oxygen atoms in total. The van der Waals surface area contributed by atoms with E-state index in [4.69, 9.17) is 0 Å². The second-order valence-electron chi connectivity index (χ2n) is 8.15. The van der Waals surface area contributed by atoms with Crippen LogP contribution in [0.5, 0.6) is 0 Å². The summed E-state index contributed by atoms with van der Waals surface area (Å²) >= 11 is 1.29. The Morgan fingerprint density at radius 1 is 1.06 bits per heavy atom. The van der Waals surface area contributed by atoms with Gasteiger partial charge in [-0.05, 0) is 43.5 Å². The van der Waals surface area contributed by atoms with Crippen LogP contribution in [0.25, 0.3) is 0 Å². The van der Waals surface area contributed by atoms with Crippen LogP contribution in [0.1, 0.15) is 37.3 Å². The molecule has 10 heteroatoms. The molecule has 0 aromatic heterocycles. The van der Waals surface area contributed by atoms with Crippen LogP contribution in [0.15, 0.2) is 51.1 Å². The maximum absolute atomic E-state index is 13.6. The van der Waals surface area contributed by atoms with Gasteiger partial charge in [-0.25, -0.2) is 8.42 Å². The fraction of sp³-hybridized carbons (Fsp3) is 0.435. The first-order chi connectivity index (χ1) is 15.6. The summed E-state index contributed by atoms with van der Waals surface area (Å²) in [7, 11) is -3.99. The summed E-state index contributed by atoms with van der Waals surface area (Å²) < 4.78 is 28.4. The van der Waals surface area contributed by atoms with E-state index < -0.39 is 14.9 Å². The van der Waals surface area contributed by atoms with E-state index in [-0.39, 0.29) is 29.6 Å². The zero-order valence-electron chi connectivity index (χ0n) is 19.1. The van der Waals surface area contributed by atoms with Crippen LogP contribution in [-0.2, 0) is 14.8 Å². The van der Waals surface area contributed by atoms with Gasteiger partial charge in [0.2, 0.25) is 15.9 Å². The van der Waals surface area contributed by atoms with E-state index in [1.807, 2.05) is 39.0 Å². The first-order valence-electron chi connectivity index (χ1n) is 10.9. The summed E-state index contributed by atoms with van der Waals surface area (Å²) in [6.45, 7) is 6.87. The first-order valence-corrected chi connectivity index (χ1v) is 13.2. The lowest BCUT2D eigenvalue weighted by Gasteiger charge is -2.34. The number of piperazine rings is 1. The lowest BCUT2D eigenvalue weighted by atomic mass is 10.2. The van der Waals surface area contributed by atoms with Crippen LogP contribution >= 0.6 is 11.8 Å². The van der Waals surface area contributed by atoms with Gasteiger partial charge in [-0.3, -0.25) is 14.9 Å². The molecule has 1 amide bonds. The normalized spacial score (nSPS) is 14.9. The van der Waals surface area contributed by atoms with Gasteiger partial charge in [-0.15, -0.1) is 0 Å². The minimum atomic E-state index is -3.99. The Hall–Kier alpha value is -2.43. The Kier molecular flexibility index (Phi) is 8.14. The number of sulfonamides is 1. The van der Waals surface area contributed by atoms with Crippen molar-refractivity contribution >= 4 is 33.4 Å². The first kappa shape index (κ1) is 25.2. The average molecular weight is 492 g/mol. The highest BCUT2D eigenvalue weighted by molar-refractivity contribution is 8.00. The summed E-state index contributed by atoms with van der Waals surface area (Å²) in [5.74, 6) is 0.0374. The lowest BCUT2D eigenvalue weighted by molar-refractivity contribution is -0.385. The zero-order chi connectivity index (χ0) is 24.2. The fourth-order valence-corrected chi connectivity index (χ4v) is 6.60. The van der Waals surface area contributed by atoms with Crippen molar-refractivity contribution < 1.29 is 18.1 Å². The van der Waals surface area contributed by atoms with Gasteiger partial charge in [0.05, 0.1) is 4.92 Å². The highest BCUT2D eigenvalue weighted by Gasteiger charge is 2.33. The van der Waals surface area contributed by atoms with Gasteiger partial charge in [-0.2, -0.15) is 4.31 Å². The zero-order valence-corrected chi connectivity index (χ0v) is 20.7. The molecule has 0 unspecified atom stereocenters. The van der Waals surface area contributed by atoms with E-state index in [1.165, 1.54) is 28.2 Å². The van der Waals surface area contributed by atoms with E-state index in [0.29, 0.717) is 24.4 Å². The predicted molar refractivity (Wildman–Crippen MR) is 128 cm³/mol. The van der Waals surface area contributed by atoms with Crippen molar-refractivity contribution in [2.75, 3.05) is 26.2 Å². The molecular formula is C23H29N3O5S2. The van der Waals surface area contributed by atoms with Crippen molar-refractivity contribution in [2.45, 2.75) is 54.7 Å². The SMILES string of the molecule is CCCCC(=O)N1CCN(S(=O)(=O)c2cc([N+](=O)[O-])ccc2Sc2cc(C)ccc2C)CC1. The number of carbonyl (C=O) groups excluding carboxylic acids is 1. The number of benzene rings is 2. The average Bonchev–Trinajstić information content (AvgIpc) is 2.80. The van der Waals surface area contributed by atoms with Gasteiger partial charge in [-0.1, -0.05) is 37.2 Å². The van der Waals surface area contributed by atoms with Gasteiger partial charge < -0.3 is 4.90 Å². The molecule has 178 valence electrons. The van der Waals surface area contributed by atoms with Gasteiger partial charge in [0.15, 0.2) is 0 Å². The number of hydrogen-bond donors (Lipinski definition) is 0. The molecular weight excluding hydrogens is 462 g/mol. The second-order valence-corrected chi connectivity index (χ2v) is 11.1. The van der Waals surface area contributed by atoms with E-state index in [2.05, 4.69) is 0 Å². The Morgan fingerprint density at radius 3 is 2.39 bits per heavy atom. The molecule has 3 rings (SSSR count). The molecule has 1 fully saturated rings. The van der Waals surface area contributed by atoms with Gasteiger partial charge in [0.25, 0.3) is 5.69 Å². The third-order valence-electron chi connectivity index (χ3n) is 5.66. The minimum Gasteiger partial charge on any atom is -0.340 e. The number of amides is 1. The molecule has 1 aliphatic rings. The number of nitro benzene ring substituents is 1. The van der Waals surface area contributed by atoms with Crippen LogP contribution in [-0.4, -0.2) is 54.6 Å². The van der Waals surface area contributed by atoms with E-state index in [1.54, 1.807) is 4.90 Å². The van der Waals surface area contributed by atoms with Crippen molar-refractivity contribution in [3.63, 3.8) is 0 Å². The summed E-state index contributed by atoms with van der Waals surface area (Å²) in [6, 6.07) is 9.89. The fourth-order valence-electron chi connectivity index (χ4n) is 3.64. The molecule has 0 saturated carbocycles. The van der Waals surface area contributed by atoms with Crippen molar-refractivity contribution in [2.24, 2.45) is 0 Å². The number of rotatable bonds is 8. The highest BCUT2D eigenvalue weighted by atomic mass is 32.2. The topological polar surface area (TPSA) is 101 Å². The maximum Gasteiger partial charge on any atom is 0.270 e. The Balaban J connectivity index is 1.90. The predicted octanol–water partition coefficient (Wildman–Crippen LogP) is 4.39. The monoisotopic (exact) mass is 491 g/mol. The van der Waals surface area contributed by atoms with Gasteiger partial charge in [0, 0.05) is 54.5 Å². The number of non-ortho nitro benzene ring substituents is 1. The summed E-state index contributed by atoms with van der Waals surface area (Å²) in [5, 5.41) is 11.4. The number of nitro groups is 1. The molecule has 33 heavy (non-hydrogen) atoms. The molecule has 2 aromatic carbocycles. The number of unbranched alkanes of at least 4 members (excludes halogenated alkanes) is 1. The molecule has 0 atom stereocenters. The molecule has 1 aliphatic heterocycles. The molecule has 0 radical (unpaired) electrons. The van der Waals surface area contributed by atoms with E-state index >= 15 is 0 Å². The maximum atomic E-state index is 13.6. The Labute approximate surface area is 199 Å². The van der Waals surface area contributed by atoms with Crippen molar-refractivity contribution in [3.8, 4) is 0 Å². The van der Waals surface area contributed by atoms with Gasteiger partial charge in [0.1, 0.15) is 4.90 Å². The molecule has 1 heterocycles. The summed E-state index contributed by atoms with van der Waals surface area (Å²) in [4.78, 5) is 26.0. The second kappa shape index (κ2) is 10.7. The van der Waals surface area contributed by atoms with Gasteiger partial charge >= 0.3 is 0 Å². The van der Waals surface area contributed by atoms with Crippen molar-refractivity contribution in [1.29, 1.82) is 0 Å². The molecule has 1 saturated heterocycles. The Bertz CT molecular complexity index is 1140. The molecule has 0 spiro atoms.